The van der Waals surface area contributed by atoms with Gasteiger partial charge in [-0.2, -0.15) is 13.5 Å². The largest absolute Gasteiger partial charge is 0.416 e. The molecule has 0 bridgehead atoms. The molecule has 9 nitrogen and oxygen atoms in total. The van der Waals surface area contributed by atoms with E-state index < -0.39 is 26.6 Å². The van der Waals surface area contributed by atoms with Gasteiger partial charge in [0.25, 0.3) is 10.0 Å². The standard InChI is InChI=1S/C21H17N3O6S/c1-15-7-10-18(11-8-15)31(28,29)23-22-14-16-9-12-20(19(13-16)24(26)27)30-21(25)17-5-3-2-4-6-17/h2-14,23H,1H3/b22-14-. The van der Waals surface area contributed by atoms with Crippen molar-refractivity contribution in [3.63, 3.8) is 0 Å². The van der Waals surface area contributed by atoms with Crippen molar-refractivity contribution in [2.24, 2.45) is 5.10 Å². The van der Waals surface area contributed by atoms with Gasteiger partial charge in [-0.3, -0.25) is 10.1 Å². The van der Waals surface area contributed by atoms with Gasteiger partial charge in [0.15, 0.2) is 0 Å². The number of hydrogen-bond donors (Lipinski definition) is 1. The van der Waals surface area contributed by atoms with Crippen LogP contribution in [0.4, 0.5) is 5.69 Å². The highest BCUT2D eigenvalue weighted by atomic mass is 32.2. The summed E-state index contributed by atoms with van der Waals surface area (Å²) in [7, 11) is -3.88. The zero-order chi connectivity index (χ0) is 22.4. The van der Waals surface area contributed by atoms with Crippen LogP contribution in [0.2, 0.25) is 0 Å². The maximum atomic E-state index is 12.2. The summed E-state index contributed by atoms with van der Waals surface area (Å²) < 4.78 is 29.6. The number of nitro benzene ring substituents is 1. The predicted octanol–water partition coefficient (Wildman–Crippen LogP) is 3.43. The molecule has 3 rings (SSSR count). The fraction of sp³-hybridized carbons (Fsp3) is 0.0476. The fourth-order valence-electron chi connectivity index (χ4n) is 2.52. The minimum Gasteiger partial charge on any atom is -0.416 e. The van der Waals surface area contributed by atoms with Crippen molar-refractivity contribution in [1.82, 2.24) is 4.83 Å². The molecule has 0 aliphatic heterocycles. The number of nitrogens with zero attached hydrogens (tertiary/aromatic N) is 2. The first-order valence-corrected chi connectivity index (χ1v) is 10.4. The summed E-state index contributed by atoms with van der Waals surface area (Å²) in [4.78, 5) is 24.9. The molecule has 0 fully saturated rings. The third-order valence-electron chi connectivity index (χ3n) is 4.11. The quantitative estimate of drug-likeness (QED) is 0.197. The molecular formula is C21H17N3O6S. The van der Waals surface area contributed by atoms with E-state index in [9.17, 15) is 23.3 Å². The Bertz CT molecular complexity index is 1240. The molecule has 0 radical (unpaired) electrons. The average molecular weight is 439 g/mol. The Morgan fingerprint density at radius 3 is 2.39 bits per heavy atom. The molecule has 0 amide bonds. The molecule has 0 atom stereocenters. The number of sulfonamides is 1. The van der Waals surface area contributed by atoms with E-state index in [1.807, 2.05) is 11.8 Å². The van der Waals surface area contributed by atoms with Crippen LogP contribution in [0.3, 0.4) is 0 Å². The Labute approximate surface area is 178 Å². The normalized spacial score (nSPS) is 11.3. The molecule has 1 N–H and O–H groups in total. The van der Waals surface area contributed by atoms with Crippen LogP contribution in [0.25, 0.3) is 0 Å². The first-order valence-electron chi connectivity index (χ1n) is 8.93. The SMILES string of the molecule is Cc1ccc(S(=O)(=O)N/N=C\c2ccc(OC(=O)c3ccccc3)c([N+](=O)[O-])c2)cc1. The van der Waals surface area contributed by atoms with Crippen LogP contribution in [-0.2, 0) is 10.0 Å². The smallest absolute Gasteiger partial charge is 0.343 e. The number of esters is 1. The van der Waals surface area contributed by atoms with Gasteiger partial charge < -0.3 is 4.74 Å². The van der Waals surface area contributed by atoms with Gasteiger partial charge in [0, 0.05) is 11.6 Å². The van der Waals surface area contributed by atoms with E-state index in [2.05, 4.69) is 5.10 Å². The number of carbonyl (C=O) groups is 1. The Kier molecular flexibility index (Phi) is 6.41. The van der Waals surface area contributed by atoms with Crippen LogP contribution in [0.1, 0.15) is 21.5 Å². The monoisotopic (exact) mass is 439 g/mol. The van der Waals surface area contributed by atoms with E-state index >= 15 is 0 Å². The molecule has 0 heterocycles. The Morgan fingerprint density at radius 2 is 1.74 bits per heavy atom. The molecule has 0 aliphatic carbocycles. The number of benzene rings is 3. The number of carbonyl (C=O) groups excluding carboxylic acids is 1. The number of ether oxygens (including phenoxy) is 1. The number of hydrogen-bond acceptors (Lipinski definition) is 7. The van der Waals surface area contributed by atoms with Gasteiger partial charge in [0.05, 0.1) is 21.6 Å². The third kappa shape index (κ3) is 5.52. The highest BCUT2D eigenvalue weighted by Crippen LogP contribution is 2.28. The first-order chi connectivity index (χ1) is 14.8. The molecule has 0 aromatic heterocycles. The van der Waals surface area contributed by atoms with Crippen LogP contribution in [0.5, 0.6) is 5.75 Å². The van der Waals surface area contributed by atoms with Crippen LogP contribution < -0.4 is 9.57 Å². The second-order valence-electron chi connectivity index (χ2n) is 6.41. The lowest BCUT2D eigenvalue weighted by Crippen LogP contribution is -2.18. The van der Waals surface area contributed by atoms with Crippen molar-refractivity contribution >= 4 is 27.9 Å². The lowest BCUT2D eigenvalue weighted by Gasteiger charge is -2.06. The van der Waals surface area contributed by atoms with E-state index in [1.165, 1.54) is 36.4 Å². The summed E-state index contributed by atoms with van der Waals surface area (Å²) in [6.45, 7) is 1.83. The summed E-state index contributed by atoms with van der Waals surface area (Å²) in [5.41, 5.74) is 0.920. The zero-order valence-electron chi connectivity index (χ0n) is 16.3. The molecule has 0 saturated carbocycles. The summed E-state index contributed by atoms with van der Waals surface area (Å²) >= 11 is 0. The topological polar surface area (TPSA) is 128 Å². The lowest BCUT2D eigenvalue weighted by atomic mass is 10.2. The summed E-state index contributed by atoms with van der Waals surface area (Å²) in [6, 6.07) is 18.0. The number of rotatable bonds is 7. The average Bonchev–Trinajstić information content (AvgIpc) is 2.75. The maximum absolute atomic E-state index is 12.2. The van der Waals surface area contributed by atoms with Crippen molar-refractivity contribution in [3.8, 4) is 5.75 Å². The van der Waals surface area contributed by atoms with Gasteiger partial charge in [-0.1, -0.05) is 35.9 Å². The van der Waals surface area contributed by atoms with Gasteiger partial charge in [-0.05, 0) is 43.3 Å². The molecule has 0 spiro atoms. The fourth-order valence-corrected chi connectivity index (χ4v) is 3.31. The predicted molar refractivity (Wildman–Crippen MR) is 114 cm³/mol. The lowest BCUT2D eigenvalue weighted by molar-refractivity contribution is -0.385. The van der Waals surface area contributed by atoms with Crippen LogP contribution in [-0.4, -0.2) is 25.5 Å². The zero-order valence-corrected chi connectivity index (χ0v) is 17.1. The molecule has 10 heteroatoms. The Balaban J connectivity index is 1.76. The molecule has 158 valence electrons. The van der Waals surface area contributed by atoms with Crippen LogP contribution in [0.15, 0.2) is 82.8 Å². The maximum Gasteiger partial charge on any atom is 0.343 e. The first kappa shape index (κ1) is 21.7. The Morgan fingerprint density at radius 1 is 1.06 bits per heavy atom. The van der Waals surface area contributed by atoms with Gasteiger partial charge in [-0.25, -0.2) is 9.63 Å². The van der Waals surface area contributed by atoms with E-state index in [1.54, 1.807) is 30.3 Å². The number of nitrogens with one attached hydrogen (secondary N) is 1. The van der Waals surface area contributed by atoms with Gasteiger partial charge >= 0.3 is 11.7 Å². The van der Waals surface area contributed by atoms with E-state index in [-0.39, 0.29) is 21.8 Å². The summed E-state index contributed by atoms with van der Waals surface area (Å²) in [5, 5.41) is 15.1. The summed E-state index contributed by atoms with van der Waals surface area (Å²) in [6.07, 6.45) is 1.11. The minimum atomic E-state index is -3.88. The highest BCUT2D eigenvalue weighted by molar-refractivity contribution is 7.89. The van der Waals surface area contributed by atoms with E-state index in [4.69, 9.17) is 4.74 Å². The highest BCUT2D eigenvalue weighted by Gasteiger charge is 2.19. The van der Waals surface area contributed by atoms with E-state index in [0.717, 1.165) is 17.8 Å². The summed E-state index contributed by atoms with van der Waals surface area (Å²) in [5.74, 6) is -0.979. The van der Waals surface area contributed by atoms with Gasteiger partial charge in [0.2, 0.25) is 5.75 Å². The van der Waals surface area contributed by atoms with E-state index in [0.29, 0.717) is 0 Å². The second kappa shape index (κ2) is 9.18. The molecular weight excluding hydrogens is 422 g/mol. The molecule has 3 aromatic rings. The number of nitro groups is 1. The van der Waals surface area contributed by atoms with Crippen molar-refractivity contribution in [3.05, 3.63) is 99.6 Å². The molecule has 3 aromatic carbocycles. The molecule has 0 unspecified atom stereocenters. The third-order valence-corrected chi connectivity index (χ3v) is 5.35. The van der Waals surface area contributed by atoms with Crippen molar-refractivity contribution in [2.75, 3.05) is 0 Å². The number of hydrazone groups is 1. The van der Waals surface area contributed by atoms with Crippen LogP contribution >= 0.6 is 0 Å². The van der Waals surface area contributed by atoms with Crippen molar-refractivity contribution in [2.45, 2.75) is 11.8 Å². The van der Waals surface area contributed by atoms with Crippen molar-refractivity contribution < 1.29 is 22.9 Å². The molecule has 0 aliphatic rings. The second-order valence-corrected chi connectivity index (χ2v) is 8.07. The van der Waals surface area contributed by atoms with Gasteiger partial charge in [0.1, 0.15) is 0 Å². The Hall–Kier alpha value is -4.05. The van der Waals surface area contributed by atoms with Crippen LogP contribution in [0, 0.1) is 17.0 Å². The molecule has 31 heavy (non-hydrogen) atoms. The number of aryl methyl sites for hydroxylation is 1. The molecule has 0 saturated heterocycles. The minimum absolute atomic E-state index is 0.0319. The van der Waals surface area contributed by atoms with Gasteiger partial charge in [-0.15, -0.1) is 0 Å². The van der Waals surface area contributed by atoms with Crippen molar-refractivity contribution in [1.29, 1.82) is 0 Å².